The molecule has 1 amide bonds. The highest BCUT2D eigenvalue weighted by molar-refractivity contribution is 5.80. The van der Waals surface area contributed by atoms with Crippen molar-refractivity contribution in [2.24, 2.45) is 0 Å². The number of rotatable bonds is 33. The molecule has 1 aliphatic heterocycles. The van der Waals surface area contributed by atoms with E-state index in [-0.39, 0.29) is 13.0 Å². The zero-order chi connectivity index (χ0) is 37.5. The quantitative estimate of drug-likeness (QED) is 0.0294. The number of aliphatic hydroxyl groups excluding tert-OH is 6. The number of carbonyl (C=O) groups is 1. The highest BCUT2D eigenvalue weighted by Crippen LogP contribution is 2.22. The SMILES string of the molecule is CCCC/C=C\CCCCCC(O)C(=O)NC(COC1OC(CO)C(O)C(O)C1O)C(O)/C=C/CCCCCCCCCCCCCCCCC. The van der Waals surface area contributed by atoms with Crippen LogP contribution in [0.5, 0.6) is 0 Å². The van der Waals surface area contributed by atoms with Crippen molar-refractivity contribution in [3.05, 3.63) is 24.3 Å². The van der Waals surface area contributed by atoms with Gasteiger partial charge in [-0.25, -0.2) is 0 Å². The fraction of sp³-hybridized carbons (Fsp3) is 0.878. The van der Waals surface area contributed by atoms with Crippen LogP contribution in [0.1, 0.15) is 168 Å². The third-order valence-electron chi connectivity index (χ3n) is 9.88. The Morgan fingerprint density at radius 1 is 0.667 bits per heavy atom. The van der Waals surface area contributed by atoms with E-state index in [9.17, 15) is 35.4 Å². The second-order valence-electron chi connectivity index (χ2n) is 14.6. The Labute approximate surface area is 310 Å². The van der Waals surface area contributed by atoms with Crippen LogP contribution >= 0.6 is 0 Å². The molecule has 300 valence electrons. The lowest BCUT2D eigenvalue weighted by molar-refractivity contribution is -0.302. The van der Waals surface area contributed by atoms with E-state index in [4.69, 9.17) is 9.47 Å². The maximum atomic E-state index is 12.9. The van der Waals surface area contributed by atoms with Crippen molar-refractivity contribution in [2.75, 3.05) is 13.2 Å². The molecule has 0 radical (unpaired) electrons. The molecule has 0 bridgehead atoms. The Morgan fingerprint density at radius 3 is 1.71 bits per heavy atom. The van der Waals surface area contributed by atoms with Gasteiger partial charge in [0.25, 0.3) is 0 Å². The minimum atomic E-state index is -1.61. The summed E-state index contributed by atoms with van der Waals surface area (Å²) in [6.07, 6.45) is 25.6. The van der Waals surface area contributed by atoms with Gasteiger partial charge in [0.15, 0.2) is 6.29 Å². The first-order valence-electron chi connectivity index (χ1n) is 20.7. The van der Waals surface area contributed by atoms with Crippen LogP contribution in [0.3, 0.4) is 0 Å². The number of hydrogen-bond acceptors (Lipinski definition) is 9. The summed E-state index contributed by atoms with van der Waals surface area (Å²) in [5.74, 6) is -0.633. The highest BCUT2D eigenvalue weighted by Gasteiger charge is 2.44. The lowest BCUT2D eigenvalue weighted by Gasteiger charge is -2.40. The first-order valence-corrected chi connectivity index (χ1v) is 20.7. The molecular weight excluding hydrogens is 650 g/mol. The summed E-state index contributed by atoms with van der Waals surface area (Å²) in [4.78, 5) is 12.9. The van der Waals surface area contributed by atoms with Crippen LogP contribution in [-0.2, 0) is 14.3 Å². The smallest absolute Gasteiger partial charge is 0.249 e. The van der Waals surface area contributed by atoms with Gasteiger partial charge in [0.2, 0.25) is 5.91 Å². The zero-order valence-corrected chi connectivity index (χ0v) is 32.2. The summed E-state index contributed by atoms with van der Waals surface area (Å²) in [5, 5.41) is 64.3. The van der Waals surface area contributed by atoms with Crippen molar-refractivity contribution in [1.82, 2.24) is 5.32 Å². The molecule has 0 saturated carbocycles. The van der Waals surface area contributed by atoms with Crippen LogP contribution < -0.4 is 5.32 Å². The number of amides is 1. The van der Waals surface area contributed by atoms with Gasteiger partial charge in [0.1, 0.15) is 30.5 Å². The second kappa shape index (κ2) is 32.1. The van der Waals surface area contributed by atoms with E-state index in [0.717, 1.165) is 44.9 Å². The summed E-state index contributed by atoms with van der Waals surface area (Å²) in [6.45, 7) is 3.52. The van der Waals surface area contributed by atoms with Gasteiger partial charge in [-0.05, 0) is 38.5 Å². The molecule has 1 saturated heterocycles. The molecule has 0 aromatic carbocycles. The van der Waals surface area contributed by atoms with Crippen LogP contribution in [0.4, 0.5) is 0 Å². The van der Waals surface area contributed by atoms with Crippen molar-refractivity contribution in [3.63, 3.8) is 0 Å². The van der Waals surface area contributed by atoms with Crippen LogP contribution in [0.2, 0.25) is 0 Å². The van der Waals surface area contributed by atoms with Crippen molar-refractivity contribution in [1.29, 1.82) is 0 Å². The number of ether oxygens (including phenoxy) is 2. The van der Waals surface area contributed by atoms with Gasteiger partial charge >= 0.3 is 0 Å². The van der Waals surface area contributed by atoms with E-state index in [1.54, 1.807) is 6.08 Å². The van der Waals surface area contributed by atoms with Crippen LogP contribution in [0.25, 0.3) is 0 Å². The second-order valence-corrected chi connectivity index (χ2v) is 14.6. The first-order chi connectivity index (χ1) is 24.8. The Bertz CT molecular complexity index is 870. The van der Waals surface area contributed by atoms with Crippen molar-refractivity contribution in [2.45, 2.75) is 217 Å². The lowest BCUT2D eigenvalue weighted by atomic mass is 9.99. The summed E-state index contributed by atoms with van der Waals surface area (Å²) in [5.41, 5.74) is 0. The standard InChI is InChI=1S/C41H77NO9/c1-3-5-7-9-11-13-14-15-16-17-18-19-20-22-23-25-27-29-34(44)33(32-50-41-39(48)38(47)37(46)36(31-43)51-41)42-40(49)35(45)30-28-26-24-21-12-10-8-6-4-2/h10,12,27,29,33-39,41,43-48H,3-9,11,13-26,28,30-32H2,1-2H3,(H,42,49)/b12-10-,29-27+. The van der Waals surface area contributed by atoms with Crippen molar-refractivity contribution in [3.8, 4) is 0 Å². The van der Waals surface area contributed by atoms with E-state index < -0.39 is 61.5 Å². The minimum Gasteiger partial charge on any atom is -0.394 e. The Hall–Kier alpha value is -1.37. The third-order valence-corrected chi connectivity index (χ3v) is 9.88. The average Bonchev–Trinajstić information content (AvgIpc) is 3.13. The van der Waals surface area contributed by atoms with E-state index in [2.05, 4.69) is 31.3 Å². The van der Waals surface area contributed by atoms with Crippen molar-refractivity contribution < 1.29 is 44.9 Å². The molecule has 1 rings (SSSR count). The van der Waals surface area contributed by atoms with Gasteiger partial charge in [-0.15, -0.1) is 0 Å². The summed E-state index contributed by atoms with van der Waals surface area (Å²) < 4.78 is 11.1. The molecule has 8 atom stereocenters. The molecule has 1 heterocycles. The van der Waals surface area contributed by atoms with Gasteiger partial charge in [-0.3, -0.25) is 4.79 Å². The number of nitrogens with one attached hydrogen (secondary N) is 1. The predicted molar refractivity (Wildman–Crippen MR) is 204 cm³/mol. The van der Waals surface area contributed by atoms with Gasteiger partial charge in [0, 0.05) is 0 Å². The molecule has 1 fully saturated rings. The number of carbonyl (C=O) groups excluding carboxylic acids is 1. The molecule has 0 aliphatic carbocycles. The van der Waals surface area contributed by atoms with Crippen molar-refractivity contribution >= 4 is 5.91 Å². The predicted octanol–water partition coefficient (Wildman–Crippen LogP) is 6.52. The Balaban J connectivity index is 2.47. The molecule has 8 unspecified atom stereocenters. The molecule has 7 N–H and O–H groups in total. The maximum absolute atomic E-state index is 12.9. The lowest BCUT2D eigenvalue weighted by Crippen LogP contribution is -2.60. The molecule has 51 heavy (non-hydrogen) atoms. The molecule has 10 heteroatoms. The number of aliphatic hydroxyl groups is 6. The topological polar surface area (TPSA) is 169 Å². The van der Waals surface area contributed by atoms with E-state index in [1.165, 1.54) is 96.3 Å². The van der Waals surface area contributed by atoms with Crippen LogP contribution in [-0.4, -0.2) is 98.7 Å². The highest BCUT2D eigenvalue weighted by atomic mass is 16.7. The fourth-order valence-corrected chi connectivity index (χ4v) is 6.38. The van der Waals surface area contributed by atoms with Crippen LogP contribution in [0.15, 0.2) is 24.3 Å². The monoisotopic (exact) mass is 728 g/mol. The van der Waals surface area contributed by atoms with Gasteiger partial charge in [-0.1, -0.05) is 154 Å². The fourth-order valence-electron chi connectivity index (χ4n) is 6.38. The van der Waals surface area contributed by atoms with Gasteiger partial charge in [-0.2, -0.15) is 0 Å². The molecule has 0 spiro atoms. The third kappa shape index (κ3) is 23.1. The van der Waals surface area contributed by atoms with E-state index in [0.29, 0.717) is 6.42 Å². The zero-order valence-electron chi connectivity index (χ0n) is 32.2. The molecular formula is C41H77NO9. The molecule has 0 aromatic rings. The normalized spacial score (nSPS) is 22.9. The molecule has 1 aliphatic rings. The first kappa shape index (κ1) is 47.7. The molecule has 0 aromatic heterocycles. The Kier molecular flexibility index (Phi) is 30.0. The maximum Gasteiger partial charge on any atom is 0.249 e. The van der Waals surface area contributed by atoms with E-state index >= 15 is 0 Å². The summed E-state index contributed by atoms with van der Waals surface area (Å²) in [7, 11) is 0. The largest absolute Gasteiger partial charge is 0.394 e. The van der Waals surface area contributed by atoms with Gasteiger partial charge < -0.3 is 45.4 Å². The summed E-state index contributed by atoms with van der Waals surface area (Å²) in [6, 6.07) is -0.981. The summed E-state index contributed by atoms with van der Waals surface area (Å²) >= 11 is 0. The van der Waals surface area contributed by atoms with E-state index in [1.807, 2.05) is 6.08 Å². The average molecular weight is 728 g/mol. The number of hydrogen-bond donors (Lipinski definition) is 7. The number of allylic oxidation sites excluding steroid dienone is 3. The van der Waals surface area contributed by atoms with Gasteiger partial charge in [0.05, 0.1) is 25.4 Å². The van der Waals surface area contributed by atoms with Crippen LogP contribution in [0, 0.1) is 0 Å². The Morgan fingerprint density at radius 2 is 1.16 bits per heavy atom. The molecule has 10 nitrogen and oxygen atoms in total. The number of unbranched alkanes of at least 4 members (excludes halogenated alkanes) is 20. The minimum absolute atomic E-state index is 0.288.